The number of benzene rings is 2. The Labute approximate surface area is 167 Å². The summed E-state index contributed by atoms with van der Waals surface area (Å²) in [4.78, 5) is 29.2. The van der Waals surface area contributed by atoms with E-state index in [2.05, 4.69) is 16.0 Å². The third kappa shape index (κ3) is 2.85. The minimum atomic E-state index is 0.0451. The fourth-order valence-corrected chi connectivity index (χ4v) is 4.94. The van der Waals surface area contributed by atoms with Crippen LogP contribution in [0.5, 0.6) is 0 Å². The summed E-state index contributed by atoms with van der Waals surface area (Å²) in [5.74, 6) is 0.0451. The van der Waals surface area contributed by atoms with Gasteiger partial charge in [0, 0.05) is 12.1 Å². The molecule has 0 aliphatic carbocycles. The fourth-order valence-electron chi connectivity index (χ4n) is 3.83. The maximum atomic E-state index is 13.3. The molecule has 0 spiro atoms. The molecule has 0 N–H and O–H groups in total. The maximum Gasteiger partial charge on any atom is 0.254 e. The Bertz CT molecular complexity index is 1180. The van der Waals surface area contributed by atoms with Crippen molar-refractivity contribution in [1.29, 1.82) is 0 Å². The van der Waals surface area contributed by atoms with Crippen LogP contribution >= 0.6 is 11.3 Å². The molecule has 0 saturated carbocycles. The van der Waals surface area contributed by atoms with Gasteiger partial charge in [-0.2, -0.15) is 0 Å². The second kappa shape index (κ2) is 6.63. The standard InChI is InChI=1S/C22H20N4OS/c1-13-14(2)24-18-12-15(9-10-16(18)23-13)22(27)26-11-5-7-19(26)21-25-17-6-3-4-8-20(17)28-21/h3-4,6,8-10,12,19H,5,7,11H2,1-2H3/t19-/m1/s1. The Hall–Kier alpha value is -2.86. The number of likely N-dealkylation sites (tertiary alicyclic amines) is 1. The van der Waals surface area contributed by atoms with Gasteiger partial charge in [-0.1, -0.05) is 12.1 Å². The van der Waals surface area contributed by atoms with Crippen LogP contribution in [0.1, 0.15) is 45.6 Å². The van der Waals surface area contributed by atoms with Gasteiger partial charge in [-0.25, -0.2) is 15.0 Å². The summed E-state index contributed by atoms with van der Waals surface area (Å²) in [5, 5.41) is 1.03. The lowest BCUT2D eigenvalue weighted by Gasteiger charge is -2.23. The first kappa shape index (κ1) is 17.3. The van der Waals surface area contributed by atoms with Gasteiger partial charge in [0.1, 0.15) is 5.01 Å². The summed E-state index contributed by atoms with van der Waals surface area (Å²) in [7, 11) is 0. The van der Waals surface area contributed by atoms with E-state index in [0.717, 1.165) is 52.3 Å². The van der Waals surface area contributed by atoms with E-state index in [1.807, 2.05) is 55.1 Å². The molecule has 5 nitrogen and oxygen atoms in total. The monoisotopic (exact) mass is 388 g/mol. The van der Waals surface area contributed by atoms with Crippen molar-refractivity contribution in [3.8, 4) is 0 Å². The summed E-state index contributed by atoms with van der Waals surface area (Å²) in [6.07, 6.45) is 1.95. The van der Waals surface area contributed by atoms with E-state index in [1.54, 1.807) is 11.3 Å². The van der Waals surface area contributed by atoms with Crippen molar-refractivity contribution in [1.82, 2.24) is 19.9 Å². The van der Waals surface area contributed by atoms with Crippen molar-refractivity contribution in [2.24, 2.45) is 0 Å². The van der Waals surface area contributed by atoms with Crippen LogP contribution in [-0.2, 0) is 0 Å². The van der Waals surface area contributed by atoms with Crippen molar-refractivity contribution >= 4 is 38.5 Å². The van der Waals surface area contributed by atoms with Crippen molar-refractivity contribution < 1.29 is 4.79 Å². The van der Waals surface area contributed by atoms with Gasteiger partial charge in [0.15, 0.2) is 0 Å². The number of aromatic nitrogens is 3. The molecule has 6 heteroatoms. The van der Waals surface area contributed by atoms with Crippen molar-refractivity contribution in [3.05, 3.63) is 64.4 Å². The second-order valence-electron chi connectivity index (χ2n) is 7.27. The van der Waals surface area contributed by atoms with Gasteiger partial charge in [-0.3, -0.25) is 4.79 Å². The SMILES string of the molecule is Cc1nc2ccc(C(=O)N3CCC[C@@H]3c3nc4ccccc4s3)cc2nc1C. The summed E-state index contributed by atoms with van der Waals surface area (Å²) in [5.41, 5.74) is 5.08. The van der Waals surface area contributed by atoms with Crippen molar-refractivity contribution in [2.75, 3.05) is 6.54 Å². The topological polar surface area (TPSA) is 59.0 Å². The van der Waals surface area contributed by atoms with E-state index in [0.29, 0.717) is 5.56 Å². The quantitative estimate of drug-likeness (QED) is 0.493. The molecule has 140 valence electrons. The number of nitrogens with zero attached hydrogens (tertiary/aromatic N) is 4. The maximum absolute atomic E-state index is 13.3. The molecule has 5 rings (SSSR count). The highest BCUT2D eigenvalue weighted by molar-refractivity contribution is 7.18. The lowest BCUT2D eigenvalue weighted by Crippen LogP contribution is -2.30. The van der Waals surface area contributed by atoms with Gasteiger partial charge in [0.2, 0.25) is 0 Å². The van der Waals surface area contributed by atoms with Crippen LogP contribution in [0.15, 0.2) is 42.5 Å². The third-order valence-corrected chi connectivity index (χ3v) is 6.57. The summed E-state index contributed by atoms with van der Waals surface area (Å²) >= 11 is 1.69. The summed E-state index contributed by atoms with van der Waals surface area (Å²) in [6.45, 7) is 4.66. The number of carbonyl (C=O) groups excluding carboxylic acids is 1. The Morgan fingerprint density at radius 1 is 1.00 bits per heavy atom. The average Bonchev–Trinajstić information content (AvgIpc) is 3.34. The number of hydrogen-bond acceptors (Lipinski definition) is 5. The Morgan fingerprint density at radius 3 is 2.61 bits per heavy atom. The first-order valence-corrected chi connectivity index (χ1v) is 10.3. The van der Waals surface area contributed by atoms with Crippen molar-refractivity contribution in [2.45, 2.75) is 32.7 Å². The zero-order valence-electron chi connectivity index (χ0n) is 15.8. The van der Waals surface area contributed by atoms with Gasteiger partial charge in [0.05, 0.1) is 38.7 Å². The summed E-state index contributed by atoms with van der Waals surface area (Å²) < 4.78 is 1.17. The fraction of sp³-hybridized carbons (Fsp3) is 0.273. The Morgan fingerprint density at radius 2 is 1.79 bits per heavy atom. The molecule has 1 fully saturated rings. The predicted molar refractivity (Wildman–Crippen MR) is 112 cm³/mol. The van der Waals surface area contributed by atoms with Crippen LogP contribution in [-0.4, -0.2) is 32.3 Å². The molecule has 0 bridgehead atoms. The highest BCUT2D eigenvalue weighted by atomic mass is 32.1. The molecule has 1 aliphatic heterocycles. The number of para-hydroxylation sites is 1. The first-order chi connectivity index (χ1) is 13.6. The molecular formula is C22H20N4OS. The second-order valence-corrected chi connectivity index (χ2v) is 8.34. The van der Waals surface area contributed by atoms with Crippen LogP contribution in [0, 0.1) is 13.8 Å². The number of rotatable bonds is 2. The number of carbonyl (C=O) groups is 1. The summed E-state index contributed by atoms with van der Waals surface area (Å²) in [6, 6.07) is 13.8. The van der Waals surface area contributed by atoms with E-state index in [4.69, 9.17) is 4.98 Å². The molecule has 0 unspecified atom stereocenters. The van der Waals surface area contributed by atoms with E-state index in [9.17, 15) is 4.79 Å². The molecule has 28 heavy (non-hydrogen) atoms. The first-order valence-electron chi connectivity index (χ1n) is 9.51. The van der Waals surface area contributed by atoms with Crippen LogP contribution in [0.4, 0.5) is 0 Å². The minimum absolute atomic E-state index is 0.0451. The highest BCUT2D eigenvalue weighted by Gasteiger charge is 2.33. The van der Waals surface area contributed by atoms with Crippen LogP contribution in [0.3, 0.4) is 0 Å². The van der Waals surface area contributed by atoms with E-state index in [-0.39, 0.29) is 11.9 Å². The molecule has 1 amide bonds. The molecule has 2 aromatic heterocycles. The highest BCUT2D eigenvalue weighted by Crippen LogP contribution is 2.37. The molecule has 2 aromatic carbocycles. The molecule has 1 atom stereocenters. The molecule has 0 radical (unpaired) electrons. The molecule has 1 aliphatic rings. The van der Waals surface area contributed by atoms with Crippen LogP contribution in [0.25, 0.3) is 21.3 Å². The minimum Gasteiger partial charge on any atom is -0.329 e. The van der Waals surface area contributed by atoms with Crippen LogP contribution in [0.2, 0.25) is 0 Å². The molecule has 3 heterocycles. The lowest BCUT2D eigenvalue weighted by atomic mass is 10.1. The largest absolute Gasteiger partial charge is 0.329 e. The molecule has 1 saturated heterocycles. The number of amides is 1. The Kier molecular flexibility index (Phi) is 4.09. The zero-order valence-corrected chi connectivity index (χ0v) is 16.7. The molecular weight excluding hydrogens is 368 g/mol. The van der Waals surface area contributed by atoms with Gasteiger partial charge in [-0.15, -0.1) is 11.3 Å². The number of fused-ring (bicyclic) bond motifs is 2. The Balaban J connectivity index is 1.49. The number of thiazole rings is 1. The van der Waals surface area contributed by atoms with E-state index >= 15 is 0 Å². The van der Waals surface area contributed by atoms with Crippen molar-refractivity contribution in [3.63, 3.8) is 0 Å². The van der Waals surface area contributed by atoms with Gasteiger partial charge >= 0.3 is 0 Å². The van der Waals surface area contributed by atoms with Gasteiger partial charge in [-0.05, 0) is 57.0 Å². The average molecular weight is 388 g/mol. The van der Waals surface area contributed by atoms with Gasteiger partial charge in [0.25, 0.3) is 5.91 Å². The van der Waals surface area contributed by atoms with Gasteiger partial charge < -0.3 is 4.90 Å². The molecule has 4 aromatic rings. The zero-order chi connectivity index (χ0) is 19.3. The van der Waals surface area contributed by atoms with Crippen LogP contribution < -0.4 is 0 Å². The number of hydrogen-bond donors (Lipinski definition) is 0. The van der Waals surface area contributed by atoms with E-state index in [1.165, 1.54) is 4.70 Å². The number of aryl methyl sites for hydroxylation is 2. The predicted octanol–water partition coefficient (Wildman–Crippen LogP) is 4.83. The smallest absolute Gasteiger partial charge is 0.254 e. The third-order valence-electron chi connectivity index (χ3n) is 5.43. The normalized spacial score (nSPS) is 16.9. The van der Waals surface area contributed by atoms with E-state index < -0.39 is 0 Å². The lowest BCUT2D eigenvalue weighted by molar-refractivity contribution is 0.0735.